The minimum atomic E-state index is -1.19. The van der Waals surface area contributed by atoms with Gasteiger partial charge < -0.3 is 35.3 Å². The first-order valence-corrected chi connectivity index (χ1v) is 16.0. The van der Waals surface area contributed by atoms with Crippen LogP contribution >= 0.6 is 0 Å². The molecule has 4 atom stereocenters. The summed E-state index contributed by atoms with van der Waals surface area (Å²) >= 11 is 0. The Morgan fingerprint density at radius 3 is 1.77 bits per heavy atom. The molecule has 5 N–H and O–H groups in total. The number of nitrogens with one attached hydrogen (secondary N) is 4. The number of benzene rings is 2. The lowest BCUT2D eigenvalue weighted by molar-refractivity contribution is -0.131. The van der Waals surface area contributed by atoms with Crippen LogP contribution in [0.2, 0.25) is 0 Å². The summed E-state index contributed by atoms with van der Waals surface area (Å²) in [6.45, 7) is 10.9. The molecule has 260 valence electrons. The maximum absolute atomic E-state index is 13.5. The number of nitrogens with zero attached hydrogens (tertiary/aromatic N) is 1. The summed E-state index contributed by atoms with van der Waals surface area (Å²) in [5, 5.41) is 21.4. The van der Waals surface area contributed by atoms with Gasteiger partial charge in [0.2, 0.25) is 5.91 Å². The zero-order valence-electron chi connectivity index (χ0n) is 28.4. The second-order valence-electron chi connectivity index (χ2n) is 11.7. The number of carbonyl (C=O) groups excluding carboxylic acids is 4. The Hall–Kier alpha value is -4.36. The highest BCUT2D eigenvalue weighted by Gasteiger charge is 2.32. The number of ether oxygens (including phenoxy) is 3. The zero-order valence-corrected chi connectivity index (χ0v) is 28.4. The molecule has 0 aliphatic carbocycles. The normalized spacial score (nSPS) is 13.7. The number of rotatable bonds is 18. The molecule has 0 aliphatic heterocycles. The van der Waals surface area contributed by atoms with Crippen LogP contribution in [-0.4, -0.2) is 85.2 Å². The molecule has 0 aromatic heterocycles. The van der Waals surface area contributed by atoms with Gasteiger partial charge in [0.25, 0.3) is 5.91 Å². The lowest BCUT2D eigenvalue weighted by Gasteiger charge is -2.33. The van der Waals surface area contributed by atoms with Crippen molar-refractivity contribution in [2.24, 2.45) is 11.8 Å². The number of aliphatic hydroxyl groups excluding tert-OH is 1. The lowest BCUT2D eigenvalue weighted by atomic mass is 9.98. The van der Waals surface area contributed by atoms with Crippen LogP contribution in [0.15, 0.2) is 54.6 Å². The van der Waals surface area contributed by atoms with Crippen LogP contribution in [0, 0.1) is 11.8 Å². The third kappa shape index (κ3) is 13.5. The summed E-state index contributed by atoms with van der Waals surface area (Å²) in [7, 11) is 1.56. The molecule has 0 radical (unpaired) electrons. The Labute approximate surface area is 277 Å². The fourth-order valence-electron chi connectivity index (χ4n) is 4.77. The highest BCUT2D eigenvalue weighted by Crippen LogP contribution is 2.15. The van der Waals surface area contributed by atoms with Crippen molar-refractivity contribution in [3.8, 4) is 5.75 Å². The van der Waals surface area contributed by atoms with Crippen molar-refractivity contribution in [2.45, 2.75) is 78.7 Å². The average molecular weight is 658 g/mol. The minimum Gasteiger partial charge on any atom is -0.497 e. The zero-order chi connectivity index (χ0) is 34.9. The Morgan fingerprint density at radius 1 is 0.745 bits per heavy atom. The molecule has 0 saturated carbocycles. The standard InChI is InChI=1S/C34H51N5O8/c1-8-46-33(43)36-29(22(3)4)31(41)35-27(19-24-13-11-10-12-14-24)28(40)21-39(20-25-15-17-26(45-7)18-16-25)38-32(42)30(23(5)6)37-34(44)47-9-2/h10-18,22-23,27-30,40H,8-9,19-21H2,1-7H3,(H,35,41)(H,36,43)(H,37,44)(H,38,42)/t27-,28-,29-,30-/m0/s1. The first-order valence-electron chi connectivity index (χ1n) is 16.0. The number of hydrogen-bond acceptors (Lipinski definition) is 9. The van der Waals surface area contributed by atoms with Crippen LogP contribution in [0.4, 0.5) is 9.59 Å². The van der Waals surface area contributed by atoms with Crippen LogP contribution in [0.25, 0.3) is 0 Å². The number of methoxy groups -OCH3 is 1. The topological polar surface area (TPSA) is 168 Å². The smallest absolute Gasteiger partial charge is 0.407 e. The molecule has 0 unspecified atom stereocenters. The highest BCUT2D eigenvalue weighted by molar-refractivity contribution is 5.86. The molecule has 2 aromatic carbocycles. The van der Waals surface area contributed by atoms with E-state index in [1.54, 1.807) is 60.8 Å². The molecule has 0 spiro atoms. The van der Waals surface area contributed by atoms with Crippen molar-refractivity contribution < 1.29 is 38.5 Å². The molecule has 13 nitrogen and oxygen atoms in total. The van der Waals surface area contributed by atoms with E-state index in [-0.39, 0.29) is 44.6 Å². The number of hydrazine groups is 1. The Kier molecular flexibility index (Phi) is 16.5. The van der Waals surface area contributed by atoms with Gasteiger partial charge in [-0.15, -0.1) is 0 Å². The fourth-order valence-corrected chi connectivity index (χ4v) is 4.77. The van der Waals surface area contributed by atoms with Gasteiger partial charge in [-0.05, 0) is 55.4 Å². The number of carbonyl (C=O) groups is 4. The lowest BCUT2D eigenvalue weighted by Crippen LogP contribution is -2.59. The molecule has 0 bridgehead atoms. The van der Waals surface area contributed by atoms with E-state index in [0.29, 0.717) is 5.75 Å². The van der Waals surface area contributed by atoms with Crippen molar-refractivity contribution in [3.05, 3.63) is 65.7 Å². The van der Waals surface area contributed by atoms with Gasteiger partial charge in [0.05, 0.1) is 32.5 Å². The van der Waals surface area contributed by atoms with E-state index in [4.69, 9.17) is 14.2 Å². The molecule has 0 saturated heterocycles. The molecular formula is C34H51N5O8. The summed E-state index contributed by atoms with van der Waals surface area (Å²) in [6, 6.07) is 13.9. The SMILES string of the molecule is CCOC(=O)N[C@H](C(=O)N[C@@H](Cc1ccccc1)[C@@H](O)CN(Cc1ccc(OC)cc1)NC(=O)[C@@H](NC(=O)OCC)C(C)C)C(C)C. The predicted octanol–water partition coefficient (Wildman–Crippen LogP) is 3.16. The monoisotopic (exact) mass is 657 g/mol. The van der Waals surface area contributed by atoms with Gasteiger partial charge in [-0.2, -0.15) is 0 Å². The fraction of sp³-hybridized carbons (Fsp3) is 0.529. The predicted molar refractivity (Wildman–Crippen MR) is 177 cm³/mol. The summed E-state index contributed by atoms with van der Waals surface area (Å²) in [4.78, 5) is 51.4. The highest BCUT2D eigenvalue weighted by atomic mass is 16.6. The quantitative estimate of drug-likeness (QED) is 0.151. The van der Waals surface area contributed by atoms with E-state index in [1.165, 1.54) is 5.01 Å². The first kappa shape index (κ1) is 38.8. The van der Waals surface area contributed by atoms with Gasteiger partial charge in [-0.25, -0.2) is 14.6 Å². The third-order valence-electron chi connectivity index (χ3n) is 7.29. The van der Waals surface area contributed by atoms with E-state index in [0.717, 1.165) is 11.1 Å². The van der Waals surface area contributed by atoms with E-state index in [9.17, 15) is 24.3 Å². The molecule has 0 aliphatic rings. The van der Waals surface area contributed by atoms with Gasteiger partial charge in [0.15, 0.2) is 0 Å². The summed E-state index contributed by atoms with van der Waals surface area (Å²) in [5.41, 5.74) is 4.52. The Bertz CT molecular complexity index is 1260. The van der Waals surface area contributed by atoms with Gasteiger partial charge >= 0.3 is 12.2 Å². The number of hydrogen-bond donors (Lipinski definition) is 5. The van der Waals surface area contributed by atoms with Crippen LogP contribution in [-0.2, 0) is 32.0 Å². The van der Waals surface area contributed by atoms with Crippen LogP contribution in [0.3, 0.4) is 0 Å². The number of alkyl carbamates (subject to hydrolysis) is 2. The largest absolute Gasteiger partial charge is 0.497 e. The third-order valence-corrected chi connectivity index (χ3v) is 7.29. The number of aliphatic hydroxyl groups is 1. The van der Waals surface area contributed by atoms with Gasteiger partial charge in [0, 0.05) is 13.1 Å². The van der Waals surface area contributed by atoms with Crippen molar-refractivity contribution in [1.82, 2.24) is 26.4 Å². The van der Waals surface area contributed by atoms with Crippen LogP contribution in [0.5, 0.6) is 5.75 Å². The van der Waals surface area contributed by atoms with Crippen molar-refractivity contribution in [3.63, 3.8) is 0 Å². The maximum atomic E-state index is 13.5. The van der Waals surface area contributed by atoms with E-state index in [2.05, 4.69) is 21.4 Å². The van der Waals surface area contributed by atoms with E-state index in [1.807, 2.05) is 42.5 Å². The molecular weight excluding hydrogens is 606 g/mol. The van der Waals surface area contributed by atoms with Crippen LogP contribution < -0.4 is 26.1 Å². The van der Waals surface area contributed by atoms with E-state index < -0.39 is 48.2 Å². The van der Waals surface area contributed by atoms with Gasteiger partial charge in [-0.1, -0.05) is 70.2 Å². The molecule has 13 heteroatoms. The summed E-state index contributed by atoms with van der Waals surface area (Å²) in [6.07, 6.45) is -2.36. The van der Waals surface area contributed by atoms with Gasteiger partial charge in [-0.3, -0.25) is 15.0 Å². The summed E-state index contributed by atoms with van der Waals surface area (Å²) in [5.74, 6) is -0.894. The molecule has 0 fully saturated rings. The Balaban J connectivity index is 2.38. The average Bonchev–Trinajstić information content (AvgIpc) is 3.02. The van der Waals surface area contributed by atoms with Gasteiger partial charge in [0.1, 0.15) is 17.8 Å². The second-order valence-corrected chi connectivity index (χ2v) is 11.7. The second kappa shape index (κ2) is 20.0. The molecule has 47 heavy (non-hydrogen) atoms. The van der Waals surface area contributed by atoms with Crippen LogP contribution in [0.1, 0.15) is 52.7 Å². The maximum Gasteiger partial charge on any atom is 0.407 e. The van der Waals surface area contributed by atoms with Crippen molar-refractivity contribution >= 4 is 24.0 Å². The molecule has 0 heterocycles. The summed E-state index contributed by atoms with van der Waals surface area (Å²) < 4.78 is 15.2. The molecule has 2 aromatic rings. The molecule has 4 amide bonds. The minimum absolute atomic E-state index is 0.0998. The molecule has 2 rings (SSSR count). The van der Waals surface area contributed by atoms with Crippen molar-refractivity contribution in [2.75, 3.05) is 26.9 Å². The number of amides is 4. The van der Waals surface area contributed by atoms with E-state index >= 15 is 0 Å². The first-order chi connectivity index (χ1) is 22.4. The van der Waals surface area contributed by atoms with Crippen molar-refractivity contribution in [1.29, 1.82) is 0 Å². The Morgan fingerprint density at radius 2 is 1.28 bits per heavy atom.